The predicted octanol–water partition coefficient (Wildman–Crippen LogP) is 3.82. The number of furan rings is 1. The summed E-state index contributed by atoms with van der Waals surface area (Å²) in [5.74, 6) is 0.432. The van der Waals surface area contributed by atoms with E-state index in [0.29, 0.717) is 36.7 Å². The maximum absolute atomic E-state index is 13.1. The second-order valence-electron chi connectivity index (χ2n) is 6.44. The van der Waals surface area contributed by atoms with Gasteiger partial charge in [0.25, 0.3) is 5.56 Å². The maximum atomic E-state index is 13.1. The molecule has 0 saturated carbocycles. The fraction of sp³-hybridized carbons (Fsp3) is 0.100. The van der Waals surface area contributed by atoms with Crippen molar-refractivity contribution in [2.45, 2.75) is 6.18 Å². The monoisotopic (exact) mass is 444 g/mol. The molecule has 11 heteroatoms. The molecule has 3 aromatic heterocycles. The number of nitrogens with zero attached hydrogens (tertiary/aromatic N) is 4. The minimum Gasteiger partial charge on any atom is -0.465 e. The quantitative estimate of drug-likeness (QED) is 0.448. The van der Waals surface area contributed by atoms with E-state index in [1.54, 1.807) is 18.2 Å². The normalized spacial score (nSPS) is 12.3. The summed E-state index contributed by atoms with van der Waals surface area (Å²) in [6, 6.07) is 10.2. The van der Waals surface area contributed by atoms with Crippen LogP contribution >= 0.6 is 11.5 Å². The van der Waals surface area contributed by atoms with Gasteiger partial charge in [0.15, 0.2) is 0 Å². The molecular formula is C20H11F3N4O3S. The van der Waals surface area contributed by atoms with Crippen molar-refractivity contribution in [3.63, 3.8) is 0 Å². The fourth-order valence-corrected chi connectivity index (χ4v) is 3.83. The van der Waals surface area contributed by atoms with Crippen LogP contribution in [0.1, 0.15) is 17.1 Å². The average molecular weight is 444 g/mol. The van der Waals surface area contributed by atoms with Crippen molar-refractivity contribution in [1.82, 2.24) is 13.5 Å². The lowest BCUT2D eigenvalue weighted by Crippen LogP contribution is -2.40. The van der Waals surface area contributed by atoms with Crippen LogP contribution < -0.4 is 11.2 Å². The minimum atomic E-state index is -4.85. The Morgan fingerprint density at radius 3 is 2.68 bits per heavy atom. The summed E-state index contributed by atoms with van der Waals surface area (Å²) >= 11 is 1.10. The number of aromatic nitrogens is 3. The summed E-state index contributed by atoms with van der Waals surface area (Å²) in [4.78, 5) is 24.9. The lowest BCUT2D eigenvalue weighted by molar-refractivity contribution is -0.144. The Hall–Kier alpha value is -3.91. The zero-order chi connectivity index (χ0) is 22.3. The van der Waals surface area contributed by atoms with Gasteiger partial charge in [0.1, 0.15) is 23.2 Å². The number of halogens is 3. The van der Waals surface area contributed by atoms with Crippen LogP contribution in [0.15, 0.2) is 56.7 Å². The van der Waals surface area contributed by atoms with Crippen molar-refractivity contribution in [2.24, 2.45) is 7.05 Å². The standard InChI is InChI=1S/C20H11F3N4O3S/c1-26-16(20(21,22)23)9-17(28)27(19(26)29)12-4-5-15-14(8-12)18(25-31-15)11(10-24)7-13-3-2-6-30-13/h2-9H,1H3. The molecule has 0 amide bonds. The van der Waals surface area contributed by atoms with Gasteiger partial charge in [-0.05, 0) is 41.9 Å². The lowest BCUT2D eigenvalue weighted by Gasteiger charge is -2.14. The molecule has 0 unspecified atom stereocenters. The van der Waals surface area contributed by atoms with Gasteiger partial charge in [-0.15, -0.1) is 0 Å². The highest BCUT2D eigenvalue weighted by Crippen LogP contribution is 2.31. The Morgan fingerprint density at radius 1 is 1.26 bits per heavy atom. The number of hydrogen-bond acceptors (Lipinski definition) is 6. The first-order valence-electron chi connectivity index (χ1n) is 8.66. The summed E-state index contributed by atoms with van der Waals surface area (Å²) in [7, 11) is 0.942. The molecule has 0 saturated heterocycles. The van der Waals surface area contributed by atoms with E-state index in [-0.39, 0.29) is 11.3 Å². The SMILES string of the molecule is Cn1c(C(F)(F)F)cc(=O)n(-c2ccc3snc(C(C#N)=Cc4ccco4)c3c2)c1=O. The molecule has 0 N–H and O–H groups in total. The zero-order valence-electron chi connectivity index (χ0n) is 15.7. The Morgan fingerprint density at radius 2 is 2.03 bits per heavy atom. The first kappa shape index (κ1) is 20.4. The van der Waals surface area contributed by atoms with Crippen molar-refractivity contribution in [1.29, 1.82) is 5.26 Å². The van der Waals surface area contributed by atoms with E-state index in [1.165, 1.54) is 24.5 Å². The molecule has 0 fully saturated rings. The fourth-order valence-electron chi connectivity index (χ4n) is 3.06. The van der Waals surface area contributed by atoms with Gasteiger partial charge < -0.3 is 4.42 Å². The number of alkyl halides is 3. The Balaban J connectivity index is 1.92. The van der Waals surface area contributed by atoms with Crippen LogP contribution in [-0.2, 0) is 13.2 Å². The first-order valence-corrected chi connectivity index (χ1v) is 9.44. The van der Waals surface area contributed by atoms with Gasteiger partial charge in [0.2, 0.25) is 0 Å². The first-order chi connectivity index (χ1) is 14.7. The minimum absolute atomic E-state index is 0.0589. The summed E-state index contributed by atoms with van der Waals surface area (Å²) < 4.78 is 50.4. The van der Waals surface area contributed by atoms with Gasteiger partial charge in [-0.25, -0.2) is 9.36 Å². The molecule has 4 rings (SSSR count). The number of allylic oxidation sites excluding steroid dienone is 1. The third-order valence-electron chi connectivity index (χ3n) is 4.53. The third kappa shape index (κ3) is 3.57. The van der Waals surface area contributed by atoms with E-state index in [0.717, 1.165) is 18.6 Å². The van der Waals surface area contributed by atoms with Gasteiger partial charge in [0, 0.05) is 24.6 Å². The van der Waals surface area contributed by atoms with E-state index in [9.17, 15) is 28.0 Å². The molecule has 1 aromatic carbocycles. The average Bonchev–Trinajstić information content (AvgIpc) is 3.37. The molecule has 0 bridgehead atoms. The lowest BCUT2D eigenvalue weighted by atomic mass is 10.1. The van der Waals surface area contributed by atoms with Crippen LogP contribution in [0.2, 0.25) is 0 Å². The summed E-state index contributed by atoms with van der Waals surface area (Å²) in [6.07, 6.45) is -1.91. The molecule has 7 nitrogen and oxygen atoms in total. The second kappa shape index (κ2) is 7.41. The molecule has 156 valence electrons. The molecular weight excluding hydrogens is 433 g/mol. The van der Waals surface area contributed by atoms with Crippen molar-refractivity contribution >= 4 is 33.3 Å². The van der Waals surface area contributed by atoms with Gasteiger partial charge in [-0.3, -0.25) is 9.36 Å². The van der Waals surface area contributed by atoms with Crippen LogP contribution in [0.25, 0.3) is 27.4 Å². The number of hydrogen-bond donors (Lipinski definition) is 0. The maximum Gasteiger partial charge on any atom is 0.431 e. The van der Waals surface area contributed by atoms with E-state index in [4.69, 9.17) is 4.42 Å². The summed E-state index contributed by atoms with van der Waals surface area (Å²) in [5, 5.41) is 10.0. The van der Waals surface area contributed by atoms with E-state index in [2.05, 4.69) is 4.37 Å². The third-order valence-corrected chi connectivity index (χ3v) is 5.35. The highest BCUT2D eigenvalue weighted by Gasteiger charge is 2.35. The second-order valence-corrected chi connectivity index (χ2v) is 7.24. The topological polar surface area (TPSA) is 93.8 Å². The van der Waals surface area contributed by atoms with Crippen molar-refractivity contribution in [3.05, 3.63) is 80.6 Å². The largest absolute Gasteiger partial charge is 0.465 e. The number of nitriles is 1. The van der Waals surface area contributed by atoms with E-state index < -0.39 is 23.1 Å². The van der Waals surface area contributed by atoms with Crippen LogP contribution in [0.3, 0.4) is 0 Å². The predicted molar refractivity (Wildman–Crippen MR) is 108 cm³/mol. The van der Waals surface area contributed by atoms with Crippen LogP contribution in [0.5, 0.6) is 0 Å². The van der Waals surface area contributed by atoms with E-state index in [1.807, 2.05) is 6.07 Å². The summed E-state index contributed by atoms with van der Waals surface area (Å²) in [5.41, 5.74) is -3.06. The zero-order valence-corrected chi connectivity index (χ0v) is 16.5. The van der Waals surface area contributed by atoms with Crippen molar-refractivity contribution in [2.75, 3.05) is 0 Å². The van der Waals surface area contributed by atoms with Gasteiger partial charge in [0.05, 0.1) is 22.2 Å². The molecule has 0 spiro atoms. The smallest absolute Gasteiger partial charge is 0.431 e. The molecule has 4 aromatic rings. The molecule has 0 aliphatic heterocycles. The van der Waals surface area contributed by atoms with Crippen LogP contribution in [0, 0.1) is 11.3 Å². The Bertz CT molecular complexity index is 1490. The molecule has 0 aliphatic carbocycles. The highest BCUT2D eigenvalue weighted by molar-refractivity contribution is 7.13. The van der Waals surface area contributed by atoms with Crippen LogP contribution in [-0.4, -0.2) is 13.5 Å². The molecule has 31 heavy (non-hydrogen) atoms. The van der Waals surface area contributed by atoms with Gasteiger partial charge >= 0.3 is 11.9 Å². The molecule has 0 radical (unpaired) electrons. The Kier molecular flexibility index (Phi) is 4.87. The van der Waals surface area contributed by atoms with Gasteiger partial charge in [-0.2, -0.15) is 22.8 Å². The number of fused-ring (bicyclic) bond motifs is 1. The van der Waals surface area contributed by atoms with Crippen molar-refractivity contribution in [3.8, 4) is 11.8 Å². The highest BCUT2D eigenvalue weighted by atomic mass is 32.1. The molecule has 0 aliphatic rings. The molecule has 0 atom stereocenters. The summed E-state index contributed by atoms with van der Waals surface area (Å²) in [6.45, 7) is 0. The Labute approximate surface area is 175 Å². The van der Waals surface area contributed by atoms with E-state index >= 15 is 0 Å². The van der Waals surface area contributed by atoms with Crippen LogP contribution in [0.4, 0.5) is 13.2 Å². The van der Waals surface area contributed by atoms with Crippen molar-refractivity contribution < 1.29 is 17.6 Å². The number of rotatable bonds is 3. The van der Waals surface area contributed by atoms with Gasteiger partial charge in [-0.1, -0.05) is 0 Å². The number of benzene rings is 1. The molecule has 3 heterocycles.